The topological polar surface area (TPSA) is 55.8 Å². The molecule has 0 amide bonds. The first-order valence-electron chi connectivity index (χ1n) is 10.9. The van der Waals surface area contributed by atoms with Gasteiger partial charge in [0.05, 0.1) is 12.7 Å². The first-order valence-corrected chi connectivity index (χ1v) is 10.9. The summed E-state index contributed by atoms with van der Waals surface area (Å²) in [7, 11) is 0. The lowest BCUT2D eigenvalue weighted by atomic mass is 10.00. The van der Waals surface area contributed by atoms with Gasteiger partial charge in [-0.15, -0.1) is 0 Å². The number of hydrogen-bond acceptors (Lipinski definition) is 4. The van der Waals surface area contributed by atoms with Crippen LogP contribution in [0.4, 0.5) is 0 Å². The second kappa shape index (κ2) is 11.8. The number of carbonyl (C=O) groups excluding carboxylic acids is 1. The van der Waals surface area contributed by atoms with E-state index in [-0.39, 0.29) is 12.4 Å². The molecule has 1 aliphatic rings. The third kappa shape index (κ3) is 7.18. The van der Waals surface area contributed by atoms with E-state index >= 15 is 0 Å². The number of aliphatic hydroxyl groups excluding tert-OH is 1. The normalized spacial score (nSPS) is 13.5. The summed E-state index contributed by atoms with van der Waals surface area (Å²) in [6.45, 7) is 3.02. The number of benzene rings is 2. The van der Waals surface area contributed by atoms with Gasteiger partial charge in [0, 0.05) is 11.5 Å². The minimum Gasteiger partial charge on any atom is -0.507 e. The van der Waals surface area contributed by atoms with Crippen LogP contribution in [-0.4, -0.2) is 17.7 Å². The summed E-state index contributed by atoms with van der Waals surface area (Å²) in [4.78, 5) is 12.1. The van der Waals surface area contributed by atoms with Crippen molar-refractivity contribution in [2.75, 3.05) is 6.61 Å². The van der Waals surface area contributed by atoms with Crippen molar-refractivity contribution in [1.82, 2.24) is 0 Å². The van der Waals surface area contributed by atoms with Gasteiger partial charge in [-0.25, -0.2) is 4.79 Å². The summed E-state index contributed by atoms with van der Waals surface area (Å²) in [5.41, 5.74) is 2.64. The maximum absolute atomic E-state index is 12.1. The molecule has 0 radical (unpaired) electrons. The molecule has 2 aromatic carbocycles. The molecule has 162 valence electrons. The number of esters is 1. The Morgan fingerprint density at radius 2 is 1.68 bits per heavy atom. The SMILES string of the molecule is CCCCCCOc1ccc(/C(O)=C/C(=O)OCc2ccc(C3C=CC=C3)cc2)cc1. The highest BCUT2D eigenvalue weighted by Gasteiger charge is 2.08. The van der Waals surface area contributed by atoms with Gasteiger partial charge < -0.3 is 14.6 Å². The third-order valence-electron chi connectivity index (χ3n) is 5.16. The molecular weight excluding hydrogens is 388 g/mol. The zero-order valence-electron chi connectivity index (χ0n) is 18.0. The van der Waals surface area contributed by atoms with Crippen molar-refractivity contribution in [3.05, 3.63) is 95.6 Å². The maximum atomic E-state index is 12.1. The molecule has 0 unspecified atom stereocenters. The molecule has 0 saturated heterocycles. The van der Waals surface area contributed by atoms with Crippen LogP contribution in [0.3, 0.4) is 0 Å². The molecule has 4 nitrogen and oxygen atoms in total. The molecule has 4 heteroatoms. The molecular formula is C27H30O4. The van der Waals surface area contributed by atoms with Crippen LogP contribution in [0.5, 0.6) is 5.75 Å². The smallest absolute Gasteiger partial charge is 0.334 e. The predicted molar refractivity (Wildman–Crippen MR) is 124 cm³/mol. The number of allylic oxidation sites excluding steroid dienone is 4. The standard InChI is InChI=1S/C27H30O4/c1-2-3-4-7-18-30-25-16-14-24(15-17-25)26(28)19-27(29)31-20-21-10-12-23(13-11-21)22-8-5-6-9-22/h5-6,8-17,19,22,28H,2-4,7,18,20H2,1H3/b26-19-. The lowest BCUT2D eigenvalue weighted by molar-refractivity contribution is -0.139. The summed E-state index contributed by atoms with van der Waals surface area (Å²) < 4.78 is 11.0. The van der Waals surface area contributed by atoms with Gasteiger partial charge in [-0.1, -0.05) is 74.8 Å². The summed E-state index contributed by atoms with van der Waals surface area (Å²) in [6.07, 6.45) is 14.1. The lowest BCUT2D eigenvalue weighted by Crippen LogP contribution is -2.02. The molecule has 0 aliphatic heterocycles. The summed E-state index contributed by atoms with van der Waals surface area (Å²) in [5.74, 6) is 0.353. The minimum atomic E-state index is -0.584. The fourth-order valence-corrected chi connectivity index (χ4v) is 3.32. The fourth-order valence-electron chi connectivity index (χ4n) is 3.32. The van der Waals surface area contributed by atoms with Gasteiger partial charge >= 0.3 is 5.97 Å². The van der Waals surface area contributed by atoms with Crippen molar-refractivity contribution in [3.8, 4) is 5.75 Å². The van der Waals surface area contributed by atoms with Crippen LogP contribution in [0.1, 0.15) is 55.2 Å². The van der Waals surface area contributed by atoms with Crippen LogP contribution >= 0.6 is 0 Å². The quantitative estimate of drug-likeness (QED) is 0.196. The molecule has 2 aromatic rings. The Morgan fingerprint density at radius 3 is 2.35 bits per heavy atom. The van der Waals surface area contributed by atoms with Crippen LogP contribution < -0.4 is 4.74 Å². The van der Waals surface area contributed by atoms with Crippen LogP contribution in [0, 0.1) is 0 Å². The molecule has 1 N–H and O–H groups in total. The molecule has 0 heterocycles. The maximum Gasteiger partial charge on any atom is 0.334 e. The highest BCUT2D eigenvalue weighted by Crippen LogP contribution is 2.23. The second-order valence-electron chi connectivity index (χ2n) is 7.61. The van der Waals surface area contributed by atoms with Crippen LogP contribution in [0.2, 0.25) is 0 Å². The molecule has 1 aliphatic carbocycles. The van der Waals surface area contributed by atoms with Gasteiger partial charge in [0.15, 0.2) is 0 Å². The molecule has 0 fully saturated rings. The van der Waals surface area contributed by atoms with Crippen LogP contribution in [-0.2, 0) is 16.1 Å². The van der Waals surface area contributed by atoms with Crippen molar-refractivity contribution in [3.63, 3.8) is 0 Å². The fraction of sp³-hybridized carbons (Fsp3) is 0.296. The Kier molecular flexibility index (Phi) is 8.53. The van der Waals surface area contributed by atoms with E-state index in [2.05, 4.69) is 19.1 Å². The Hall–Kier alpha value is -3.27. The van der Waals surface area contributed by atoms with Crippen molar-refractivity contribution >= 4 is 11.7 Å². The molecule has 31 heavy (non-hydrogen) atoms. The lowest BCUT2D eigenvalue weighted by Gasteiger charge is -2.08. The Balaban J connectivity index is 1.45. The summed E-state index contributed by atoms with van der Waals surface area (Å²) in [6, 6.07) is 15.0. The highest BCUT2D eigenvalue weighted by atomic mass is 16.5. The van der Waals surface area contributed by atoms with E-state index in [1.165, 1.54) is 24.8 Å². The Labute approximate surface area is 184 Å². The third-order valence-corrected chi connectivity index (χ3v) is 5.16. The molecule has 0 bridgehead atoms. The average Bonchev–Trinajstić information content (AvgIpc) is 3.33. The van der Waals surface area contributed by atoms with Crippen molar-refractivity contribution in [2.24, 2.45) is 0 Å². The number of hydrogen-bond donors (Lipinski definition) is 1. The van der Waals surface area contributed by atoms with Crippen LogP contribution in [0.25, 0.3) is 5.76 Å². The van der Waals surface area contributed by atoms with E-state index < -0.39 is 5.97 Å². The Morgan fingerprint density at radius 1 is 0.968 bits per heavy atom. The molecule has 0 saturated carbocycles. The number of ether oxygens (including phenoxy) is 2. The first-order chi connectivity index (χ1) is 15.2. The van der Waals surface area contributed by atoms with E-state index in [0.29, 0.717) is 18.1 Å². The van der Waals surface area contributed by atoms with E-state index in [1.54, 1.807) is 24.3 Å². The van der Waals surface area contributed by atoms with Gasteiger partial charge in [-0.2, -0.15) is 0 Å². The van der Waals surface area contributed by atoms with Crippen molar-refractivity contribution in [2.45, 2.75) is 45.1 Å². The number of carbonyl (C=O) groups is 1. The Bertz CT molecular complexity index is 909. The molecule has 0 spiro atoms. The predicted octanol–water partition coefficient (Wildman–Crippen LogP) is 6.50. The zero-order valence-corrected chi connectivity index (χ0v) is 18.0. The van der Waals surface area contributed by atoms with Crippen LogP contribution in [0.15, 0.2) is 78.9 Å². The number of unbranched alkanes of at least 4 members (excludes halogenated alkanes) is 3. The van der Waals surface area contributed by atoms with E-state index in [0.717, 1.165) is 23.8 Å². The first kappa shape index (κ1) is 22.4. The van der Waals surface area contributed by atoms with Gasteiger partial charge in [0.25, 0.3) is 0 Å². The van der Waals surface area contributed by atoms with Crippen molar-refractivity contribution < 1.29 is 19.4 Å². The minimum absolute atomic E-state index is 0.130. The van der Waals surface area contributed by atoms with Gasteiger partial charge in [0.2, 0.25) is 0 Å². The molecule has 0 aromatic heterocycles. The van der Waals surface area contributed by atoms with E-state index in [1.807, 2.05) is 36.4 Å². The number of aliphatic hydroxyl groups is 1. The van der Waals surface area contributed by atoms with Gasteiger partial charge in [-0.3, -0.25) is 0 Å². The van der Waals surface area contributed by atoms with E-state index in [9.17, 15) is 9.90 Å². The summed E-state index contributed by atoms with van der Waals surface area (Å²) >= 11 is 0. The van der Waals surface area contributed by atoms with Crippen molar-refractivity contribution in [1.29, 1.82) is 0 Å². The number of rotatable bonds is 11. The summed E-state index contributed by atoms with van der Waals surface area (Å²) in [5, 5.41) is 10.2. The van der Waals surface area contributed by atoms with Gasteiger partial charge in [-0.05, 0) is 41.8 Å². The largest absolute Gasteiger partial charge is 0.507 e. The average molecular weight is 419 g/mol. The second-order valence-corrected chi connectivity index (χ2v) is 7.61. The molecule has 0 atom stereocenters. The monoisotopic (exact) mass is 418 g/mol. The highest BCUT2D eigenvalue weighted by molar-refractivity contribution is 5.89. The molecule has 3 rings (SSSR count). The van der Waals surface area contributed by atoms with E-state index in [4.69, 9.17) is 9.47 Å². The zero-order chi connectivity index (χ0) is 21.9. The van der Waals surface area contributed by atoms with Gasteiger partial charge in [0.1, 0.15) is 18.1 Å².